The molecule has 0 amide bonds. The zero-order chi connectivity index (χ0) is 14.7. The van der Waals surface area contributed by atoms with Crippen molar-refractivity contribution in [2.45, 2.75) is 31.8 Å². The third-order valence-corrected chi connectivity index (χ3v) is 3.68. The number of rotatable bonds is 7. The molecule has 0 saturated heterocycles. The van der Waals surface area contributed by atoms with Gasteiger partial charge in [-0.25, -0.2) is 4.39 Å². The Morgan fingerprint density at radius 1 is 1.45 bits per heavy atom. The number of hydrogen-bond donors (Lipinski definition) is 1. The lowest BCUT2D eigenvalue weighted by atomic mass is 9.89. The molecule has 0 radical (unpaired) electrons. The van der Waals surface area contributed by atoms with Gasteiger partial charge in [-0.2, -0.15) is 0 Å². The van der Waals surface area contributed by atoms with Gasteiger partial charge in [-0.05, 0) is 30.4 Å². The lowest BCUT2D eigenvalue weighted by molar-refractivity contribution is -0.137. The molecular weight excluding hydrogens is 263 g/mol. The third kappa shape index (κ3) is 3.28. The Hall–Kier alpha value is -1.62. The van der Waals surface area contributed by atoms with Crippen LogP contribution in [0.4, 0.5) is 4.39 Å². The largest absolute Gasteiger partial charge is 0.496 e. The minimum atomic E-state index is -0.898. The van der Waals surface area contributed by atoms with Gasteiger partial charge in [0.2, 0.25) is 0 Å². The molecule has 1 aromatic rings. The summed E-state index contributed by atoms with van der Waals surface area (Å²) in [6.45, 7) is 0.306. The first-order valence-corrected chi connectivity index (χ1v) is 6.63. The summed E-state index contributed by atoms with van der Waals surface area (Å²) in [4.78, 5) is 11.0. The second-order valence-corrected chi connectivity index (χ2v) is 5.16. The smallest absolute Gasteiger partial charge is 0.303 e. The van der Waals surface area contributed by atoms with E-state index in [9.17, 15) is 9.18 Å². The zero-order valence-corrected chi connectivity index (χ0v) is 11.7. The van der Waals surface area contributed by atoms with Gasteiger partial charge in [0.1, 0.15) is 11.6 Å². The molecule has 1 unspecified atom stereocenters. The second kappa shape index (κ2) is 6.22. The van der Waals surface area contributed by atoms with Crippen LogP contribution < -0.4 is 4.74 Å². The van der Waals surface area contributed by atoms with Crippen molar-refractivity contribution < 1.29 is 23.8 Å². The highest BCUT2D eigenvalue weighted by Gasteiger charge is 2.35. The van der Waals surface area contributed by atoms with E-state index < -0.39 is 11.8 Å². The van der Waals surface area contributed by atoms with Gasteiger partial charge in [0.25, 0.3) is 0 Å². The van der Waals surface area contributed by atoms with Crippen LogP contribution in [0.5, 0.6) is 5.75 Å². The molecule has 1 atom stereocenters. The first-order chi connectivity index (χ1) is 9.56. The van der Waals surface area contributed by atoms with E-state index in [1.807, 2.05) is 0 Å². The van der Waals surface area contributed by atoms with E-state index in [0.29, 0.717) is 17.9 Å². The first-order valence-electron chi connectivity index (χ1n) is 6.63. The van der Waals surface area contributed by atoms with Crippen molar-refractivity contribution in [1.82, 2.24) is 0 Å². The Balaban J connectivity index is 2.37. The minimum absolute atomic E-state index is 0.0413. The van der Waals surface area contributed by atoms with Crippen LogP contribution in [0.2, 0.25) is 0 Å². The number of carboxylic acids is 1. The van der Waals surface area contributed by atoms with Crippen molar-refractivity contribution in [3.05, 3.63) is 29.1 Å². The van der Waals surface area contributed by atoms with Gasteiger partial charge in [0, 0.05) is 24.7 Å². The van der Waals surface area contributed by atoms with Crippen LogP contribution in [0.1, 0.15) is 36.3 Å². The van der Waals surface area contributed by atoms with Crippen LogP contribution in [0, 0.1) is 11.7 Å². The number of hydrogen-bond acceptors (Lipinski definition) is 3. The molecule has 2 rings (SSSR count). The van der Waals surface area contributed by atoms with E-state index in [2.05, 4.69) is 0 Å². The first kappa shape index (κ1) is 14.8. The number of halogens is 1. The molecule has 1 saturated carbocycles. The summed E-state index contributed by atoms with van der Waals surface area (Å²) in [6, 6.07) is 3.00. The fraction of sp³-hybridized carbons (Fsp3) is 0.533. The maximum Gasteiger partial charge on any atom is 0.303 e. The number of benzene rings is 1. The SMILES string of the molecule is COCc1cc(C(CC(=O)O)C2CC2)c(F)cc1OC. The number of aliphatic carboxylic acids is 1. The van der Waals surface area contributed by atoms with E-state index in [-0.39, 0.29) is 18.3 Å². The Morgan fingerprint density at radius 3 is 2.65 bits per heavy atom. The van der Waals surface area contributed by atoms with Gasteiger partial charge in [-0.3, -0.25) is 4.79 Å². The fourth-order valence-electron chi connectivity index (χ4n) is 2.58. The average molecular weight is 282 g/mol. The predicted octanol–water partition coefficient (Wildman–Crippen LogP) is 2.95. The van der Waals surface area contributed by atoms with E-state index >= 15 is 0 Å². The highest BCUT2D eigenvalue weighted by molar-refractivity contribution is 5.68. The molecule has 1 fully saturated rings. The van der Waals surface area contributed by atoms with Gasteiger partial charge in [0.05, 0.1) is 20.1 Å². The minimum Gasteiger partial charge on any atom is -0.496 e. The van der Waals surface area contributed by atoms with E-state index in [4.69, 9.17) is 14.6 Å². The lowest BCUT2D eigenvalue weighted by Gasteiger charge is -2.18. The number of methoxy groups -OCH3 is 2. The molecule has 5 heteroatoms. The topological polar surface area (TPSA) is 55.8 Å². The average Bonchev–Trinajstić information content (AvgIpc) is 3.22. The summed E-state index contributed by atoms with van der Waals surface area (Å²) >= 11 is 0. The maximum atomic E-state index is 14.2. The Labute approximate surface area is 117 Å². The molecule has 1 aromatic carbocycles. The highest BCUT2D eigenvalue weighted by atomic mass is 19.1. The summed E-state index contributed by atoms with van der Waals surface area (Å²) in [6.07, 6.45) is 1.88. The Morgan fingerprint density at radius 2 is 2.15 bits per heavy atom. The molecule has 110 valence electrons. The summed E-state index contributed by atoms with van der Waals surface area (Å²) < 4.78 is 24.5. The molecule has 4 nitrogen and oxygen atoms in total. The molecular formula is C15H19FO4. The summed E-state index contributed by atoms with van der Waals surface area (Å²) in [5.74, 6) is -0.873. The monoisotopic (exact) mass is 282 g/mol. The third-order valence-electron chi connectivity index (χ3n) is 3.68. The zero-order valence-electron chi connectivity index (χ0n) is 11.7. The van der Waals surface area contributed by atoms with Crippen LogP contribution in [0.25, 0.3) is 0 Å². The van der Waals surface area contributed by atoms with Crippen LogP contribution >= 0.6 is 0 Å². The predicted molar refractivity (Wildman–Crippen MR) is 71.4 cm³/mol. The fourth-order valence-corrected chi connectivity index (χ4v) is 2.58. The van der Waals surface area contributed by atoms with Gasteiger partial charge in [0.15, 0.2) is 0 Å². The highest BCUT2D eigenvalue weighted by Crippen LogP contribution is 2.46. The van der Waals surface area contributed by atoms with E-state index in [0.717, 1.165) is 18.4 Å². The van der Waals surface area contributed by atoms with Crippen LogP contribution in [-0.2, 0) is 16.1 Å². The van der Waals surface area contributed by atoms with Gasteiger partial charge in [-0.1, -0.05) is 0 Å². The van der Waals surface area contributed by atoms with Gasteiger partial charge >= 0.3 is 5.97 Å². The molecule has 0 bridgehead atoms. The van der Waals surface area contributed by atoms with E-state index in [1.165, 1.54) is 13.2 Å². The number of carboxylic acid groups (broad SMARTS) is 1. The maximum absolute atomic E-state index is 14.2. The van der Waals surface area contributed by atoms with Crippen molar-refractivity contribution >= 4 is 5.97 Å². The molecule has 0 aromatic heterocycles. The van der Waals surface area contributed by atoms with Crippen molar-refractivity contribution in [1.29, 1.82) is 0 Å². The Bertz CT molecular complexity index is 497. The van der Waals surface area contributed by atoms with Crippen LogP contribution in [0.3, 0.4) is 0 Å². The summed E-state index contributed by atoms with van der Waals surface area (Å²) in [5.41, 5.74) is 1.20. The van der Waals surface area contributed by atoms with Crippen molar-refractivity contribution in [3.63, 3.8) is 0 Å². The van der Waals surface area contributed by atoms with Crippen molar-refractivity contribution in [2.75, 3.05) is 14.2 Å². The van der Waals surface area contributed by atoms with Crippen LogP contribution in [-0.4, -0.2) is 25.3 Å². The number of ether oxygens (including phenoxy) is 2. The molecule has 20 heavy (non-hydrogen) atoms. The van der Waals surface area contributed by atoms with E-state index in [1.54, 1.807) is 13.2 Å². The Kier molecular flexibility index (Phi) is 4.60. The molecule has 1 aliphatic carbocycles. The van der Waals surface area contributed by atoms with Crippen molar-refractivity contribution in [2.24, 2.45) is 5.92 Å². The number of carbonyl (C=O) groups is 1. The van der Waals surface area contributed by atoms with Gasteiger partial charge in [-0.15, -0.1) is 0 Å². The molecule has 0 aliphatic heterocycles. The summed E-state index contributed by atoms with van der Waals surface area (Å²) in [7, 11) is 3.03. The normalized spacial score (nSPS) is 15.9. The van der Waals surface area contributed by atoms with Crippen LogP contribution in [0.15, 0.2) is 12.1 Å². The van der Waals surface area contributed by atoms with Crippen molar-refractivity contribution in [3.8, 4) is 5.75 Å². The molecule has 1 N–H and O–H groups in total. The molecule has 0 heterocycles. The second-order valence-electron chi connectivity index (χ2n) is 5.16. The molecule has 1 aliphatic rings. The standard InChI is InChI=1S/C15H19FO4/c1-19-8-10-5-12(13(16)7-14(10)20-2)11(6-15(17)18)9-3-4-9/h5,7,9,11H,3-4,6,8H2,1-2H3,(H,17,18). The molecule has 0 spiro atoms. The lowest BCUT2D eigenvalue weighted by Crippen LogP contribution is -2.11. The summed E-state index contributed by atoms with van der Waals surface area (Å²) in [5, 5.41) is 9.01. The van der Waals surface area contributed by atoms with Gasteiger partial charge < -0.3 is 14.6 Å². The quantitative estimate of drug-likeness (QED) is 0.835.